The van der Waals surface area contributed by atoms with Crippen molar-refractivity contribution in [2.45, 2.75) is 27.2 Å². The number of hydrogen-bond donors (Lipinski definition) is 0. The van der Waals surface area contributed by atoms with E-state index in [0.29, 0.717) is 5.92 Å². The summed E-state index contributed by atoms with van der Waals surface area (Å²) in [6.45, 7) is 6.02. The fraction of sp³-hybridized carbons (Fsp3) is 0.714. The van der Waals surface area contributed by atoms with Crippen LogP contribution in [0.2, 0.25) is 0 Å². The summed E-state index contributed by atoms with van der Waals surface area (Å²) >= 11 is 0. The minimum Gasteiger partial charge on any atom is -0.299 e. The highest BCUT2D eigenvalue weighted by Gasteiger charge is 1.98. The van der Waals surface area contributed by atoms with Gasteiger partial charge >= 0.3 is 0 Å². The van der Waals surface area contributed by atoms with Crippen molar-refractivity contribution in [1.82, 2.24) is 0 Å². The first kappa shape index (κ1) is 7.54. The first-order valence-electron chi connectivity index (χ1n) is 3.01. The smallest absolute Gasteiger partial charge is 0.142 e. The zero-order valence-electron chi connectivity index (χ0n) is 5.77. The molecule has 1 atom stereocenters. The lowest BCUT2D eigenvalue weighted by Crippen LogP contribution is -1.92. The normalized spacial score (nSPS) is 16.1. The molecular weight excluding hydrogens is 100 g/mol. The van der Waals surface area contributed by atoms with E-state index in [2.05, 4.69) is 13.8 Å². The van der Waals surface area contributed by atoms with Gasteiger partial charge in [0.1, 0.15) is 6.26 Å². The van der Waals surface area contributed by atoms with Crippen LogP contribution in [0.25, 0.3) is 0 Å². The van der Waals surface area contributed by atoms with Gasteiger partial charge in [-0.05, 0) is 24.8 Å². The molecule has 1 unspecified atom stereocenters. The molecule has 0 aliphatic rings. The van der Waals surface area contributed by atoms with Gasteiger partial charge in [0.25, 0.3) is 0 Å². The van der Waals surface area contributed by atoms with Crippen LogP contribution < -0.4 is 0 Å². The molecule has 0 heterocycles. The minimum atomic E-state index is 0.465. The van der Waals surface area contributed by atoms with Crippen LogP contribution in [0.1, 0.15) is 27.2 Å². The van der Waals surface area contributed by atoms with E-state index in [1.807, 2.05) is 6.92 Å². The first-order valence-corrected chi connectivity index (χ1v) is 3.01. The van der Waals surface area contributed by atoms with Gasteiger partial charge in [0.05, 0.1) is 0 Å². The number of hydrogen-bond acceptors (Lipinski definition) is 0. The molecule has 0 aliphatic carbocycles. The second-order valence-electron chi connectivity index (χ2n) is 2.17. The molecule has 0 fully saturated rings. The van der Waals surface area contributed by atoms with Crippen molar-refractivity contribution < 1.29 is 5.11 Å². The van der Waals surface area contributed by atoms with Gasteiger partial charge in [-0.15, -0.1) is 0 Å². The fourth-order valence-electron chi connectivity index (χ4n) is 0.438. The molecule has 1 heteroatoms. The molecule has 0 saturated carbocycles. The molecule has 1 radical (unpaired) electrons. The van der Waals surface area contributed by atoms with Gasteiger partial charge in [0, 0.05) is 0 Å². The lowest BCUT2D eigenvalue weighted by molar-refractivity contribution is 0.340. The molecule has 0 amide bonds. The molecule has 0 bridgehead atoms. The minimum absolute atomic E-state index is 0.465. The standard InChI is InChI=1S/C7H13O/c1-4-6(2)7(3)5-8/h5-6H,4H2,1-3H3/b7-5+. The Morgan fingerprint density at radius 1 is 1.75 bits per heavy atom. The van der Waals surface area contributed by atoms with Crippen molar-refractivity contribution in [2.24, 2.45) is 5.92 Å². The van der Waals surface area contributed by atoms with Gasteiger partial charge in [0.15, 0.2) is 0 Å². The Hall–Kier alpha value is -0.460. The molecule has 0 N–H and O–H groups in total. The highest BCUT2D eigenvalue weighted by atomic mass is 16.2. The van der Waals surface area contributed by atoms with Crippen LogP contribution in [0, 0.1) is 5.92 Å². The van der Waals surface area contributed by atoms with Crippen LogP contribution in [-0.4, -0.2) is 0 Å². The van der Waals surface area contributed by atoms with Crippen molar-refractivity contribution >= 4 is 0 Å². The highest BCUT2D eigenvalue weighted by Crippen LogP contribution is 2.11. The summed E-state index contributed by atoms with van der Waals surface area (Å²) in [5.74, 6) is 0.465. The third-order valence-corrected chi connectivity index (χ3v) is 1.58. The van der Waals surface area contributed by atoms with E-state index in [9.17, 15) is 5.11 Å². The van der Waals surface area contributed by atoms with E-state index in [4.69, 9.17) is 0 Å². The summed E-state index contributed by atoms with van der Waals surface area (Å²) < 4.78 is 0. The quantitative estimate of drug-likeness (QED) is 0.490. The molecule has 0 aromatic heterocycles. The molecule has 0 spiro atoms. The molecule has 0 saturated heterocycles. The highest BCUT2D eigenvalue weighted by molar-refractivity contribution is 4.96. The Balaban J connectivity index is 3.63. The largest absolute Gasteiger partial charge is 0.299 e. The Kier molecular flexibility index (Phi) is 3.33. The van der Waals surface area contributed by atoms with Gasteiger partial charge in [-0.2, -0.15) is 0 Å². The zero-order valence-corrected chi connectivity index (χ0v) is 5.77. The molecule has 0 aromatic carbocycles. The second-order valence-corrected chi connectivity index (χ2v) is 2.17. The first-order chi connectivity index (χ1) is 3.72. The number of allylic oxidation sites excluding steroid dienone is 1. The van der Waals surface area contributed by atoms with Gasteiger partial charge in [-0.25, -0.2) is 0 Å². The van der Waals surface area contributed by atoms with Gasteiger partial charge in [0.2, 0.25) is 0 Å². The Morgan fingerprint density at radius 3 is 2.38 bits per heavy atom. The van der Waals surface area contributed by atoms with Crippen LogP contribution in [0.15, 0.2) is 11.8 Å². The van der Waals surface area contributed by atoms with Gasteiger partial charge < -0.3 is 0 Å². The van der Waals surface area contributed by atoms with Crippen molar-refractivity contribution in [3.05, 3.63) is 11.8 Å². The predicted octanol–water partition coefficient (Wildman–Crippen LogP) is 2.37. The second kappa shape index (κ2) is 3.53. The van der Waals surface area contributed by atoms with E-state index in [1.54, 1.807) is 0 Å². The summed E-state index contributed by atoms with van der Waals surface area (Å²) in [6, 6.07) is 0. The topological polar surface area (TPSA) is 19.9 Å². The van der Waals surface area contributed by atoms with Crippen molar-refractivity contribution in [1.29, 1.82) is 0 Å². The van der Waals surface area contributed by atoms with Crippen LogP contribution in [0.3, 0.4) is 0 Å². The fourth-order valence-corrected chi connectivity index (χ4v) is 0.438. The Morgan fingerprint density at radius 2 is 2.25 bits per heavy atom. The third-order valence-electron chi connectivity index (χ3n) is 1.58. The zero-order chi connectivity index (χ0) is 6.57. The maximum absolute atomic E-state index is 10.1. The van der Waals surface area contributed by atoms with Crippen molar-refractivity contribution in [3.8, 4) is 0 Å². The van der Waals surface area contributed by atoms with Gasteiger partial charge in [-0.3, -0.25) is 5.11 Å². The lowest BCUT2D eigenvalue weighted by Gasteiger charge is -2.04. The van der Waals surface area contributed by atoms with Crippen LogP contribution in [-0.2, 0) is 5.11 Å². The Bertz CT molecular complexity index is 84.4. The summed E-state index contributed by atoms with van der Waals surface area (Å²) in [4.78, 5) is 0. The van der Waals surface area contributed by atoms with E-state index in [1.165, 1.54) is 0 Å². The molecule has 0 aromatic rings. The summed E-state index contributed by atoms with van der Waals surface area (Å²) in [6.07, 6.45) is 2.00. The van der Waals surface area contributed by atoms with Crippen LogP contribution in [0.4, 0.5) is 0 Å². The van der Waals surface area contributed by atoms with E-state index < -0.39 is 0 Å². The van der Waals surface area contributed by atoms with E-state index in [-0.39, 0.29) is 0 Å². The predicted molar refractivity (Wildman–Crippen MR) is 33.9 cm³/mol. The molecule has 0 aliphatic heterocycles. The molecule has 47 valence electrons. The van der Waals surface area contributed by atoms with Crippen LogP contribution >= 0.6 is 0 Å². The van der Waals surface area contributed by atoms with E-state index >= 15 is 0 Å². The number of rotatable bonds is 2. The lowest BCUT2D eigenvalue weighted by atomic mass is 10.0. The van der Waals surface area contributed by atoms with Gasteiger partial charge in [-0.1, -0.05) is 13.8 Å². The molecule has 0 rings (SSSR count). The third kappa shape index (κ3) is 2.01. The Labute approximate surface area is 51.0 Å². The average Bonchev–Trinajstić information content (AvgIpc) is 1.84. The van der Waals surface area contributed by atoms with Crippen LogP contribution in [0.5, 0.6) is 0 Å². The monoisotopic (exact) mass is 113 g/mol. The average molecular weight is 113 g/mol. The van der Waals surface area contributed by atoms with Crippen molar-refractivity contribution in [2.75, 3.05) is 0 Å². The summed E-state index contributed by atoms with van der Waals surface area (Å²) in [5.41, 5.74) is 0.951. The summed E-state index contributed by atoms with van der Waals surface area (Å²) in [5, 5.41) is 10.1. The molecule has 8 heavy (non-hydrogen) atoms. The maximum Gasteiger partial charge on any atom is 0.142 e. The molecule has 1 nitrogen and oxygen atoms in total. The maximum atomic E-state index is 10.1. The molecular formula is C7H13O. The van der Waals surface area contributed by atoms with Crippen molar-refractivity contribution in [3.63, 3.8) is 0 Å². The summed E-state index contributed by atoms with van der Waals surface area (Å²) in [7, 11) is 0. The van der Waals surface area contributed by atoms with E-state index in [0.717, 1.165) is 18.3 Å². The SMILES string of the molecule is CCC(C)/C(C)=C/[O].